The van der Waals surface area contributed by atoms with Gasteiger partial charge in [-0.05, 0) is 29.8 Å². The number of ether oxygens (including phenoxy) is 2. The van der Waals surface area contributed by atoms with Crippen LogP contribution in [0.3, 0.4) is 0 Å². The maximum absolute atomic E-state index is 13.8. The summed E-state index contributed by atoms with van der Waals surface area (Å²) in [6, 6.07) is 6.65. The van der Waals surface area contributed by atoms with Crippen LogP contribution in [0.5, 0.6) is 11.6 Å². The minimum Gasteiger partial charge on any atom is -0.486 e. The van der Waals surface area contributed by atoms with Crippen LogP contribution in [0.4, 0.5) is 26.4 Å². The summed E-state index contributed by atoms with van der Waals surface area (Å²) >= 11 is 0. The van der Waals surface area contributed by atoms with Crippen LogP contribution in [-0.4, -0.2) is 45.5 Å². The van der Waals surface area contributed by atoms with Crippen LogP contribution in [0.1, 0.15) is 11.6 Å². The first kappa shape index (κ1) is 21.6. The summed E-state index contributed by atoms with van der Waals surface area (Å²) in [4.78, 5) is 15.2. The molecule has 5 rings (SSSR count). The molecule has 0 spiro atoms. The number of anilines is 3. The summed E-state index contributed by atoms with van der Waals surface area (Å²) < 4.78 is 40.4. The number of methoxy groups -OCH3 is 1. The van der Waals surface area contributed by atoms with E-state index in [1.54, 1.807) is 42.2 Å². The van der Waals surface area contributed by atoms with E-state index in [-0.39, 0.29) is 12.6 Å². The van der Waals surface area contributed by atoms with Gasteiger partial charge in [0.05, 0.1) is 25.5 Å². The van der Waals surface area contributed by atoms with E-state index in [4.69, 9.17) is 9.47 Å². The van der Waals surface area contributed by atoms with Crippen molar-refractivity contribution in [2.45, 2.75) is 6.04 Å². The smallest absolute Gasteiger partial charge is 0.230 e. The van der Waals surface area contributed by atoms with Gasteiger partial charge >= 0.3 is 0 Å². The van der Waals surface area contributed by atoms with Gasteiger partial charge in [-0.1, -0.05) is 0 Å². The molecule has 0 fully saturated rings. The van der Waals surface area contributed by atoms with Crippen LogP contribution in [-0.2, 0) is 7.05 Å². The van der Waals surface area contributed by atoms with Gasteiger partial charge in [0, 0.05) is 37.5 Å². The first-order valence-electron chi connectivity index (χ1n) is 10.4. The summed E-state index contributed by atoms with van der Waals surface area (Å²) in [6.07, 6.45) is 5.15. The molecule has 0 bridgehead atoms. The third kappa shape index (κ3) is 4.07. The molecular formula is C23H21F2N7O2. The van der Waals surface area contributed by atoms with Gasteiger partial charge in [-0.2, -0.15) is 15.1 Å². The van der Waals surface area contributed by atoms with E-state index in [9.17, 15) is 8.78 Å². The Kier molecular flexibility index (Phi) is 5.44. The SMILES string of the molecule is COc1nc(Nc2ncc3c(n2)N(C)C(c2cc(F)cc(F)c2)CO3)ccc1-c1cnn(C)c1. The van der Waals surface area contributed by atoms with Gasteiger partial charge in [0.15, 0.2) is 11.6 Å². The van der Waals surface area contributed by atoms with E-state index < -0.39 is 17.7 Å². The molecule has 3 aromatic heterocycles. The van der Waals surface area contributed by atoms with E-state index >= 15 is 0 Å². The second-order valence-electron chi connectivity index (χ2n) is 7.80. The molecule has 1 N–H and O–H groups in total. The Bertz CT molecular complexity index is 1340. The monoisotopic (exact) mass is 465 g/mol. The van der Waals surface area contributed by atoms with E-state index in [1.807, 2.05) is 19.3 Å². The summed E-state index contributed by atoms with van der Waals surface area (Å²) in [5.41, 5.74) is 2.13. The average Bonchev–Trinajstić information content (AvgIpc) is 3.25. The third-order valence-corrected chi connectivity index (χ3v) is 5.51. The third-order valence-electron chi connectivity index (χ3n) is 5.51. The molecule has 1 aliphatic heterocycles. The number of benzene rings is 1. The Morgan fingerprint density at radius 1 is 1.09 bits per heavy atom. The minimum absolute atomic E-state index is 0.205. The number of nitrogens with one attached hydrogen (secondary N) is 1. The van der Waals surface area contributed by atoms with Crippen molar-refractivity contribution in [3.8, 4) is 22.8 Å². The Morgan fingerprint density at radius 3 is 2.59 bits per heavy atom. The molecule has 0 radical (unpaired) electrons. The molecule has 174 valence electrons. The molecule has 1 aromatic carbocycles. The van der Waals surface area contributed by atoms with E-state index in [0.29, 0.717) is 28.8 Å². The van der Waals surface area contributed by atoms with Crippen molar-refractivity contribution >= 4 is 17.6 Å². The molecule has 1 unspecified atom stereocenters. The minimum atomic E-state index is -0.644. The molecule has 0 saturated heterocycles. The summed E-state index contributed by atoms with van der Waals surface area (Å²) in [6.45, 7) is 0.205. The standard InChI is InChI=1S/C23H21F2N7O2/c1-31-11-14(9-27-31)17-4-5-20(28-22(17)33-3)29-23-26-10-19-21(30-23)32(2)18(12-34-19)13-6-15(24)8-16(25)7-13/h4-11,18H,12H2,1-3H3,(H,26,28,29,30). The van der Waals surface area contributed by atoms with Crippen LogP contribution in [0, 0.1) is 11.6 Å². The zero-order chi connectivity index (χ0) is 23.8. The van der Waals surface area contributed by atoms with Crippen LogP contribution < -0.4 is 19.7 Å². The lowest BCUT2D eigenvalue weighted by molar-refractivity contribution is 0.264. The number of likely N-dealkylation sites (N-methyl/N-ethyl adjacent to an activating group) is 1. The Balaban J connectivity index is 1.41. The molecule has 9 nitrogen and oxygen atoms in total. The molecule has 4 aromatic rings. The number of rotatable bonds is 5. The normalized spacial score (nSPS) is 15.0. The second kappa shape index (κ2) is 8.58. The number of halogens is 2. The number of fused-ring (bicyclic) bond motifs is 1. The van der Waals surface area contributed by atoms with Gasteiger partial charge in [0.25, 0.3) is 0 Å². The molecule has 0 amide bonds. The van der Waals surface area contributed by atoms with Crippen LogP contribution >= 0.6 is 0 Å². The summed E-state index contributed by atoms with van der Waals surface area (Å²) in [5.74, 6) is 0.847. The van der Waals surface area contributed by atoms with Gasteiger partial charge < -0.3 is 19.7 Å². The number of pyridine rings is 1. The molecule has 1 atom stereocenters. The van der Waals surface area contributed by atoms with Gasteiger partial charge in [-0.3, -0.25) is 4.68 Å². The largest absolute Gasteiger partial charge is 0.486 e. The number of aryl methyl sites for hydroxylation is 1. The fourth-order valence-corrected chi connectivity index (χ4v) is 3.85. The van der Waals surface area contributed by atoms with Crippen molar-refractivity contribution < 1.29 is 18.3 Å². The maximum Gasteiger partial charge on any atom is 0.230 e. The molecule has 4 heterocycles. The van der Waals surface area contributed by atoms with Crippen LogP contribution in [0.2, 0.25) is 0 Å². The van der Waals surface area contributed by atoms with Gasteiger partial charge in [0.1, 0.15) is 24.1 Å². The Morgan fingerprint density at radius 2 is 1.88 bits per heavy atom. The zero-order valence-electron chi connectivity index (χ0n) is 18.7. The first-order valence-corrected chi connectivity index (χ1v) is 10.4. The van der Waals surface area contributed by atoms with E-state index in [0.717, 1.165) is 17.2 Å². The molecule has 34 heavy (non-hydrogen) atoms. The highest BCUT2D eigenvalue weighted by Crippen LogP contribution is 2.37. The fourth-order valence-electron chi connectivity index (χ4n) is 3.85. The number of aromatic nitrogens is 5. The zero-order valence-corrected chi connectivity index (χ0v) is 18.7. The fraction of sp³-hybridized carbons (Fsp3) is 0.217. The summed E-state index contributed by atoms with van der Waals surface area (Å²) in [7, 11) is 5.17. The van der Waals surface area contributed by atoms with Crippen LogP contribution in [0.25, 0.3) is 11.1 Å². The molecule has 11 heteroatoms. The van der Waals surface area contributed by atoms with Crippen molar-refractivity contribution in [1.29, 1.82) is 0 Å². The topological polar surface area (TPSA) is 90.2 Å². The highest BCUT2D eigenvalue weighted by molar-refractivity contribution is 5.70. The Labute approximate surface area is 194 Å². The number of hydrogen-bond acceptors (Lipinski definition) is 8. The predicted octanol–water partition coefficient (Wildman–Crippen LogP) is 3.87. The predicted molar refractivity (Wildman–Crippen MR) is 121 cm³/mol. The lowest BCUT2D eigenvalue weighted by atomic mass is 10.0. The lowest BCUT2D eigenvalue weighted by Crippen LogP contribution is -2.34. The first-order chi connectivity index (χ1) is 16.4. The van der Waals surface area contributed by atoms with Gasteiger partial charge in [-0.25, -0.2) is 13.8 Å². The molecular weight excluding hydrogens is 444 g/mol. The van der Waals surface area contributed by atoms with Crippen molar-refractivity contribution in [3.05, 3.63) is 66.1 Å². The lowest BCUT2D eigenvalue weighted by Gasteiger charge is -2.35. The highest BCUT2D eigenvalue weighted by Gasteiger charge is 2.29. The van der Waals surface area contributed by atoms with E-state index in [1.165, 1.54) is 12.1 Å². The van der Waals surface area contributed by atoms with Crippen LogP contribution in [0.15, 0.2) is 48.9 Å². The number of hydrogen-bond donors (Lipinski definition) is 1. The maximum atomic E-state index is 13.8. The second-order valence-corrected chi connectivity index (χ2v) is 7.80. The van der Waals surface area contributed by atoms with Crippen molar-refractivity contribution in [2.75, 3.05) is 31.0 Å². The number of nitrogens with zero attached hydrogens (tertiary/aromatic N) is 6. The van der Waals surface area contributed by atoms with Crippen molar-refractivity contribution in [3.63, 3.8) is 0 Å². The molecule has 0 aliphatic carbocycles. The van der Waals surface area contributed by atoms with E-state index in [2.05, 4.69) is 25.4 Å². The Hall–Kier alpha value is -4.28. The van der Waals surface area contributed by atoms with Crippen molar-refractivity contribution in [2.24, 2.45) is 7.05 Å². The highest BCUT2D eigenvalue weighted by atomic mass is 19.1. The van der Waals surface area contributed by atoms with Gasteiger partial charge in [-0.15, -0.1) is 0 Å². The average molecular weight is 465 g/mol. The van der Waals surface area contributed by atoms with Crippen molar-refractivity contribution in [1.82, 2.24) is 24.7 Å². The quantitative estimate of drug-likeness (QED) is 0.475. The van der Waals surface area contributed by atoms with Gasteiger partial charge in [0.2, 0.25) is 11.8 Å². The molecule has 0 saturated carbocycles. The molecule has 1 aliphatic rings. The summed E-state index contributed by atoms with van der Waals surface area (Å²) in [5, 5.41) is 7.25.